The third kappa shape index (κ3) is 5.65. The van der Waals surface area contributed by atoms with Crippen LogP contribution in [0, 0.1) is 20.8 Å². The number of aromatic amines is 1. The van der Waals surface area contributed by atoms with Gasteiger partial charge in [0.05, 0.1) is 16.2 Å². The zero-order valence-electron chi connectivity index (χ0n) is 21.4. The van der Waals surface area contributed by atoms with Gasteiger partial charge in [0.25, 0.3) is 11.5 Å². The van der Waals surface area contributed by atoms with Crippen LogP contribution in [-0.4, -0.2) is 30.7 Å². The van der Waals surface area contributed by atoms with Crippen molar-refractivity contribution in [1.82, 2.24) is 15.5 Å². The summed E-state index contributed by atoms with van der Waals surface area (Å²) in [5.74, 6) is -0.475. The van der Waals surface area contributed by atoms with Crippen molar-refractivity contribution in [3.8, 4) is 22.3 Å². The predicted molar refractivity (Wildman–Crippen MR) is 138 cm³/mol. The minimum absolute atomic E-state index is 0.00155. The summed E-state index contributed by atoms with van der Waals surface area (Å²) in [4.78, 5) is 29.4. The molecule has 0 unspecified atom stereocenters. The van der Waals surface area contributed by atoms with Crippen LogP contribution in [0.4, 0.5) is 13.2 Å². The van der Waals surface area contributed by atoms with E-state index in [4.69, 9.17) is 4.52 Å². The highest BCUT2D eigenvalue weighted by atomic mass is 32.2. The van der Waals surface area contributed by atoms with Crippen molar-refractivity contribution < 1.29 is 30.9 Å². The van der Waals surface area contributed by atoms with Crippen LogP contribution < -0.4 is 10.9 Å². The Balaban J connectivity index is 1.88. The summed E-state index contributed by atoms with van der Waals surface area (Å²) < 4.78 is 69.5. The number of nitrogens with one attached hydrogen (secondary N) is 2. The second-order valence-electron chi connectivity index (χ2n) is 9.08. The first-order valence-electron chi connectivity index (χ1n) is 11.6. The van der Waals surface area contributed by atoms with Gasteiger partial charge in [-0.05, 0) is 56.2 Å². The van der Waals surface area contributed by atoms with Gasteiger partial charge in [0, 0.05) is 35.2 Å². The smallest absolute Gasteiger partial charge is 0.361 e. The number of sulfone groups is 1. The second kappa shape index (κ2) is 10.2. The molecule has 0 atom stereocenters. The summed E-state index contributed by atoms with van der Waals surface area (Å²) in [6, 6.07) is 10.2. The zero-order valence-corrected chi connectivity index (χ0v) is 22.2. The highest BCUT2D eigenvalue weighted by Gasteiger charge is 2.32. The number of hydrogen-bond donors (Lipinski definition) is 2. The normalized spacial score (nSPS) is 12.0. The molecular weight excluding hydrogens is 535 g/mol. The Labute approximate surface area is 221 Å². The molecule has 2 aromatic heterocycles. The maximum absolute atomic E-state index is 13.6. The Morgan fingerprint density at radius 3 is 2.26 bits per heavy atom. The molecular formula is C27H24F3N3O5S. The van der Waals surface area contributed by atoms with Crippen LogP contribution in [0.1, 0.15) is 38.6 Å². The topological polar surface area (TPSA) is 122 Å². The van der Waals surface area contributed by atoms with Gasteiger partial charge in [-0.1, -0.05) is 29.4 Å². The molecule has 0 saturated carbocycles. The molecule has 2 N–H and O–H groups in total. The molecule has 2 aromatic carbocycles. The van der Waals surface area contributed by atoms with Crippen LogP contribution in [0.15, 0.2) is 62.7 Å². The van der Waals surface area contributed by atoms with Crippen LogP contribution >= 0.6 is 0 Å². The molecule has 0 aliphatic rings. The lowest BCUT2D eigenvalue weighted by molar-refractivity contribution is -0.137. The first-order chi connectivity index (χ1) is 18.2. The van der Waals surface area contributed by atoms with E-state index in [1.807, 2.05) is 0 Å². The maximum atomic E-state index is 13.6. The Bertz CT molecular complexity index is 1720. The number of amides is 1. The van der Waals surface area contributed by atoms with Crippen molar-refractivity contribution in [2.45, 2.75) is 38.4 Å². The number of pyridine rings is 1. The van der Waals surface area contributed by atoms with Crippen LogP contribution in [-0.2, 0) is 22.6 Å². The quantitative estimate of drug-likeness (QED) is 0.344. The lowest BCUT2D eigenvalue weighted by atomic mass is 9.88. The van der Waals surface area contributed by atoms with Gasteiger partial charge in [-0.3, -0.25) is 9.59 Å². The number of alkyl halides is 3. The van der Waals surface area contributed by atoms with Gasteiger partial charge >= 0.3 is 6.18 Å². The van der Waals surface area contributed by atoms with E-state index >= 15 is 0 Å². The minimum Gasteiger partial charge on any atom is -0.361 e. The standard InChI is InChI=1S/C27H24F3N3O5S/c1-14-22(21-15(2)33-38-16(21)3)23(18-6-5-7-19(12-18)27(28,29)30)24(26(35)32-14)25(34)31-13-17-8-10-20(11-9-17)39(4,36)37/h5-12H,13H2,1-4H3,(H,31,34)(H,32,35). The van der Waals surface area contributed by atoms with Gasteiger partial charge in [0.15, 0.2) is 9.84 Å². The number of carbonyl (C=O) groups excluding carboxylic acids is 1. The largest absolute Gasteiger partial charge is 0.416 e. The van der Waals surface area contributed by atoms with Gasteiger partial charge in [-0.25, -0.2) is 8.42 Å². The van der Waals surface area contributed by atoms with Crippen LogP contribution in [0.3, 0.4) is 0 Å². The van der Waals surface area contributed by atoms with Crippen molar-refractivity contribution in [3.05, 3.63) is 92.7 Å². The van der Waals surface area contributed by atoms with E-state index in [9.17, 15) is 31.2 Å². The average Bonchev–Trinajstić information content (AvgIpc) is 3.19. The molecule has 4 aromatic rings. The summed E-state index contributed by atoms with van der Waals surface area (Å²) in [5, 5.41) is 6.55. The number of carbonyl (C=O) groups is 1. The maximum Gasteiger partial charge on any atom is 0.416 e. The van der Waals surface area contributed by atoms with Crippen LogP contribution in [0.2, 0.25) is 0 Å². The number of nitrogens with zero attached hydrogens (tertiary/aromatic N) is 1. The molecule has 39 heavy (non-hydrogen) atoms. The molecule has 0 saturated heterocycles. The van der Waals surface area contributed by atoms with Crippen molar-refractivity contribution in [1.29, 1.82) is 0 Å². The van der Waals surface area contributed by atoms with Crippen molar-refractivity contribution in [3.63, 3.8) is 0 Å². The van der Waals surface area contributed by atoms with Crippen LogP contribution in [0.25, 0.3) is 22.3 Å². The van der Waals surface area contributed by atoms with E-state index in [0.717, 1.165) is 18.4 Å². The molecule has 0 aliphatic carbocycles. The fourth-order valence-electron chi connectivity index (χ4n) is 4.36. The summed E-state index contributed by atoms with van der Waals surface area (Å²) >= 11 is 0. The average molecular weight is 560 g/mol. The molecule has 0 fully saturated rings. The van der Waals surface area contributed by atoms with Gasteiger partial charge in [-0.2, -0.15) is 13.2 Å². The highest BCUT2D eigenvalue weighted by molar-refractivity contribution is 7.90. The second-order valence-corrected chi connectivity index (χ2v) is 11.1. The van der Waals surface area contributed by atoms with Gasteiger partial charge in [0.1, 0.15) is 11.3 Å². The van der Waals surface area contributed by atoms with E-state index < -0.39 is 33.0 Å². The van der Waals surface area contributed by atoms with E-state index in [2.05, 4.69) is 15.5 Å². The van der Waals surface area contributed by atoms with E-state index in [0.29, 0.717) is 33.8 Å². The van der Waals surface area contributed by atoms with Gasteiger partial charge in [-0.15, -0.1) is 0 Å². The Morgan fingerprint density at radius 1 is 1.03 bits per heavy atom. The highest BCUT2D eigenvalue weighted by Crippen LogP contribution is 2.40. The molecule has 1 amide bonds. The third-order valence-electron chi connectivity index (χ3n) is 6.20. The molecule has 204 valence electrons. The first kappa shape index (κ1) is 27.8. The fraction of sp³-hybridized carbons (Fsp3) is 0.222. The first-order valence-corrected chi connectivity index (χ1v) is 13.5. The minimum atomic E-state index is -4.66. The fourth-order valence-corrected chi connectivity index (χ4v) is 4.99. The van der Waals surface area contributed by atoms with Crippen molar-refractivity contribution in [2.75, 3.05) is 6.26 Å². The SMILES string of the molecule is Cc1noc(C)c1-c1c(C)[nH]c(=O)c(C(=O)NCc2ccc(S(C)(=O)=O)cc2)c1-c1cccc(C(F)(F)F)c1. The number of aromatic nitrogens is 2. The summed E-state index contributed by atoms with van der Waals surface area (Å²) in [6.07, 6.45) is -3.59. The summed E-state index contributed by atoms with van der Waals surface area (Å²) in [7, 11) is -3.41. The molecule has 4 rings (SSSR count). The van der Waals surface area contributed by atoms with Crippen molar-refractivity contribution in [2.24, 2.45) is 0 Å². The monoisotopic (exact) mass is 559 g/mol. The van der Waals surface area contributed by atoms with Gasteiger partial charge in [0.2, 0.25) is 0 Å². The molecule has 8 nitrogen and oxygen atoms in total. The summed E-state index contributed by atoms with van der Waals surface area (Å²) in [6.45, 7) is 4.77. The number of benzene rings is 2. The lowest BCUT2D eigenvalue weighted by Crippen LogP contribution is -2.31. The van der Waals surface area contributed by atoms with E-state index in [-0.39, 0.29) is 28.1 Å². The molecule has 0 bridgehead atoms. The number of aryl methyl sites for hydroxylation is 3. The number of rotatable bonds is 6. The number of halogens is 3. The lowest BCUT2D eigenvalue weighted by Gasteiger charge is -2.18. The van der Waals surface area contributed by atoms with E-state index in [1.165, 1.54) is 36.4 Å². The summed E-state index contributed by atoms with van der Waals surface area (Å²) in [5.41, 5.74) is -0.0652. The Kier molecular flexibility index (Phi) is 7.26. The molecule has 0 aliphatic heterocycles. The third-order valence-corrected chi connectivity index (χ3v) is 7.33. The molecule has 2 heterocycles. The Morgan fingerprint density at radius 2 is 1.69 bits per heavy atom. The molecule has 0 radical (unpaired) electrons. The number of H-pyrrole nitrogens is 1. The molecule has 12 heteroatoms. The zero-order chi connectivity index (χ0) is 28.7. The Hall–Kier alpha value is -4.19. The van der Waals surface area contributed by atoms with Gasteiger partial charge < -0.3 is 14.8 Å². The van der Waals surface area contributed by atoms with Crippen LogP contribution in [0.5, 0.6) is 0 Å². The molecule has 0 spiro atoms. The number of hydrogen-bond acceptors (Lipinski definition) is 6. The predicted octanol–water partition coefficient (Wildman–Crippen LogP) is 4.97. The van der Waals surface area contributed by atoms with E-state index in [1.54, 1.807) is 20.8 Å². The van der Waals surface area contributed by atoms with Crippen molar-refractivity contribution >= 4 is 15.7 Å².